The van der Waals surface area contributed by atoms with Gasteiger partial charge in [-0.15, -0.1) is 0 Å². The maximum absolute atomic E-state index is 5.90. The monoisotopic (exact) mass is 269 g/mol. The minimum atomic E-state index is 0.575. The fourth-order valence-corrected chi connectivity index (χ4v) is 2.13. The van der Waals surface area contributed by atoms with Crippen LogP contribution in [0.2, 0.25) is 0 Å². The molecule has 0 aliphatic carbocycles. The van der Waals surface area contributed by atoms with Crippen LogP contribution in [0.1, 0.15) is 36.5 Å². The van der Waals surface area contributed by atoms with Crippen molar-refractivity contribution in [3.63, 3.8) is 0 Å². The molecule has 0 aromatic heterocycles. The van der Waals surface area contributed by atoms with Gasteiger partial charge in [0.05, 0.1) is 13.2 Å². The zero-order valence-corrected chi connectivity index (χ0v) is 12.3. The van der Waals surface area contributed by atoms with Gasteiger partial charge in [0, 0.05) is 5.69 Å². The average Bonchev–Trinajstić information content (AvgIpc) is 2.46. The van der Waals surface area contributed by atoms with Gasteiger partial charge in [-0.05, 0) is 35.1 Å². The van der Waals surface area contributed by atoms with Crippen LogP contribution in [-0.4, -0.2) is 6.61 Å². The van der Waals surface area contributed by atoms with Gasteiger partial charge in [0.15, 0.2) is 0 Å². The molecule has 0 atom stereocenters. The molecule has 2 N–H and O–H groups in total. The van der Waals surface area contributed by atoms with Crippen LogP contribution in [0, 0.1) is 0 Å². The maximum atomic E-state index is 5.90. The molecule has 20 heavy (non-hydrogen) atoms. The number of anilines is 1. The molecule has 2 heteroatoms. The highest BCUT2D eigenvalue weighted by Crippen LogP contribution is 2.15. The van der Waals surface area contributed by atoms with Crippen LogP contribution >= 0.6 is 0 Å². The molecule has 0 amide bonds. The number of hydrogen-bond donors (Lipinski definition) is 1. The first kappa shape index (κ1) is 14.6. The van der Waals surface area contributed by atoms with Crippen LogP contribution < -0.4 is 5.73 Å². The fraction of sp³-hybridized carbons (Fsp3) is 0.333. The summed E-state index contributed by atoms with van der Waals surface area (Å²) in [5.41, 5.74) is 10.5. The molecule has 0 aliphatic rings. The molecule has 2 aromatic carbocycles. The van der Waals surface area contributed by atoms with Crippen LogP contribution in [0.3, 0.4) is 0 Å². The van der Waals surface area contributed by atoms with E-state index >= 15 is 0 Å². The van der Waals surface area contributed by atoms with E-state index in [-0.39, 0.29) is 0 Å². The summed E-state index contributed by atoms with van der Waals surface area (Å²) in [6, 6.07) is 16.6. The maximum Gasteiger partial charge on any atom is 0.0717 e. The van der Waals surface area contributed by atoms with Gasteiger partial charge in [0.1, 0.15) is 0 Å². The van der Waals surface area contributed by atoms with Crippen molar-refractivity contribution in [2.24, 2.45) is 0 Å². The smallest absolute Gasteiger partial charge is 0.0717 e. The number of benzene rings is 2. The normalized spacial score (nSPS) is 10.9. The highest BCUT2D eigenvalue weighted by atomic mass is 16.5. The Labute approximate surface area is 121 Å². The molecule has 0 saturated heterocycles. The summed E-state index contributed by atoms with van der Waals surface area (Å²) >= 11 is 0. The molecule has 2 aromatic rings. The SMILES string of the molecule is CC(C)c1ccc(COCCc2ccccc2N)cc1. The summed E-state index contributed by atoms with van der Waals surface area (Å²) in [6.07, 6.45) is 0.858. The number of nitrogen functional groups attached to an aromatic ring is 1. The van der Waals surface area contributed by atoms with Gasteiger partial charge in [-0.3, -0.25) is 0 Å². The van der Waals surface area contributed by atoms with E-state index in [1.54, 1.807) is 0 Å². The van der Waals surface area contributed by atoms with Crippen molar-refractivity contribution in [3.8, 4) is 0 Å². The zero-order chi connectivity index (χ0) is 14.4. The van der Waals surface area contributed by atoms with Gasteiger partial charge in [-0.2, -0.15) is 0 Å². The van der Waals surface area contributed by atoms with Crippen LogP contribution in [0.5, 0.6) is 0 Å². The summed E-state index contributed by atoms with van der Waals surface area (Å²) in [6.45, 7) is 5.76. The Kier molecular flexibility index (Phi) is 5.19. The van der Waals surface area contributed by atoms with Gasteiger partial charge in [-0.1, -0.05) is 56.3 Å². The van der Waals surface area contributed by atoms with Crippen LogP contribution in [0.15, 0.2) is 48.5 Å². The van der Waals surface area contributed by atoms with Crippen molar-refractivity contribution in [3.05, 3.63) is 65.2 Å². The first-order chi connectivity index (χ1) is 9.66. The number of hydrogen-bond acceptors (Lipinski definition) is 2. The molecule has 0 radical (unpaired) electrons. The average molecular weight is 269 g/mol. The van der Waals surface area contributed by atoms with Gasteiger partial charge < -0.3 is 10.5 Å². The second-order valence-electron chi connectivity index (χ2n) is 5.40. The zero-order valence-electron chi connectivity index (χ0n) is 12.3. The Hall–Kier alpha value is -1.80. The van der Waals surface area contributed by atoms with E-state index < -0.39 is 0 Å². The Morgan fingerprint density at radius 3 is 2.35 bits per heavy atom. The summed E-state index contributed by atoms with van der Waals surface area (Å²) in [5.74, 6) is 0.575. The van der Waals surface area contributed by atoms with Crippen LogP contribution in [0.25, 0.3) is 0 Å². The lowest BCUT2D eigenvalue weighted by Crippen LogP contribution is -2.02. The number of para-hydroxylation sites is 1. The summed E-state index contributed by atoms with van der Waals surface area (Å²) < 4.78 is 5.72. The molecule has 0 heterocycles. The molecule has 0 saturated carbocycles. The molecule has 0 unspecified atom stereocenters. The van der Waals surface area contributed by atoms with E-state index in [1.807, 2.05) is 18.2 Å². The highest BCUT2D eigenvalue weighted by molar-refractivity contribution is 5.46. The van der Waals surface area contributed by atoms with E-state index in [0.29, 0.717) is 19.1 Å². The third-order valence-corrected chi connectivity index (χ3v) is 3.49. The summed E-state index contributed by atoms with van der Waals surface area (Å²) in [4.78, 5) is 0. The number of nitrogens with two attached hydrogens (primary N) is 1. The largest absolute Gasteiger partial charge is 0.399 e. The van der Waals surface area contributed by atoms with Gasteiger partial charge in [0.25, 0.3) is 0 Å². The van der Waals surface area contributed by atoms with Gasteiger partial charge in [-0.25, -0.2) is 0 Å². The Balaban J connectivity index is 1.77. The standard InChI is InChI=1S/C18H23NO/c1-14(2)16-9-7-15(8-10-16)13-20-12-11-17-5-3-4-6-18(17)19/h3-10,14H,11-13,19H2,1-2H3. The van der Waals surface area contributed by atoms with E-state index in [9.17, 15) is 0 Å². The Morgan fingerprint density at radius 1 is 1.00 bits per heavy atom. The van der Waals surface area contributed by atoms with Crippen molar-refractivity contribution in [2.75, 3.05) is 12.3 Å². The topological polar surface area (TPSA) is 35.2 Å². The van der Waals surface area contributed by atoms with E-state index in [4.69, 9.17) is 10.5 Å². The van der Waals surface area contributed by atoms with Crippen molar-refractivity contribution in [2.45, 2.75) is 32.8 Å². The molecule has 0 bridgehead atoms. The Bertz CT molecular complexity index is 531. The molecule has 0 aliphatic heterocycles. The predicted octanol–water partition coefficient (Wildman–Crippen LogP) is 4.15. The summed E-state index contributed by atoms with van der Waals surface area (Å²) in [7, 11) is 0. The lowest BCUT2D eigenvalue weighted by atomic mass is 10.0. The van der Waals surface area contributed by atoms with Crippen molar-refractivity contribution >= 4 is 5.69 Å². The minimum Gasteiger partial charge on any atom is -0.399 e. The van der Waals surface area contributed by atoms with Crippen molar-refractivity contribution in [1.29, 1.82) is 0 Å². The van der Waals surface area contributed by atoms with E-state index in [2.05, 4.69) is 44.2 Å². The third-order valence-electron chi connectivity index (χ3n) is 3.49. The second-order valence-corrected chi connectivity index (χ2v) is 5.40. The molecular formula is C18H23NO. The molecule has 0 fully saturated rings. The van der Waals surface area contributed by atoms with E-state index in [0.717, 1.165) is 17.7 Å². The molecule has 0 spiro atoms. The molecular weight excluding hydrogens is 246 g/mol. The van der Waals surface area contributed by atoms with Crippen molar-refractivity contribution < 1.29 is 4.74 Å². The minimum absolute atomic E-state index is 0.575. The molecule has 106 valence electrons. The van der Waals surface area contributed by atoms with E-state index in [1.165, 1.54) is 11.1 Å². The van der Waals surface area contributed by atoms with Gasteiger partial charge in [0.2, 0.25) is 0 Å². The highest BCUT2D eigenvalue weighted by Gasteiger charge is 2.00. The second kappa shape index (κ2) is 7.11. The van der Waals surface area contributed by atoms with Crippen LogP contribution in [0.4, 0.5) is 5.69 Å². The fourth-order valence-electron chi connectivity index (χ4n) is 2.13. The quantitative estimate of drug-likeness (QED) is 0.631. The lowest BCUT2D eigenvalue weighted by Gasteiger charge is -2.08. The number of ether oxygens (including phenoxy) is 1. The third kappa shape index (κ3) is 4.10. The molecule has 2 nitrogen and oxygen atoms in total. The lowest BCUT2D eigenvalue weighted by molar-refractivity contribution is 0.124. The van der Waals surface area contributed by atoms with Gasteiger partial charge >= 0.3 is 0 Å². The van der Waals surface area contributed by atoms with Crippen LogP contribution in [-0.2, 0) is 17.8 Å². The first-order valence-corrected chi connectivity index (χ1v) is 7.17. The first-order valence-electron chi connectivity index (χ1n) is 7.17. The Morgan fingerprint density at radius 2 is 1.70 bits per heavy atom. The number of rotatable bonds is 6. The van der Waals surface area contributed by atoms with Crippen molar-refractivity contribution in [1.82, 2.24) is 0 Å². The summed E-state index contributed by atoms with van der Waals surface area (Å²) in [5, 5.41) is 0. The molecule has 2 rings (SSSR count). The predicted molar refractivity (Wildman–Crippen MR) is 84.7 cm³/mol.